The quantitative estimate of drug-likeness (QED) is 0.875. The zero-order valence-electron chi connectivity index (χ0n) is 9.88. The van der Waals surface area contributed by atoms with Gasteiger partial charge in [0.1, 0.15) is 11.6 Å². The summed E-state index contributed by atoms with van der Waals surface area (Å²) in [4.78, 5) is 0. The molecule has 1 N–H and O–H groups in total. The number of halogens is 2. The summed E-state index contributed by atoms with van der Waals surface area (Å²) in [7, 11) is 0. The first-order valence-corrected chi connectivity index (χ1v) is 5.95. The van der Waals surface area contributed by atoms with Gasteiger partial charge >= 0.3 is 0 Å². The minimum atomic E-state index is -0.542. The van der Waals surface area contributed by atoms with E-state index in [0.29, 0.717) is 24.8 Å². The lowest BCUT2D eigenvalue weighted by Crippen LogP contribution is -2.26. The second-order valence-electron chi connectivity index (χ2n) is 4.51. The maximum Gasteiger partial charge on any atom is 0.130 e. The highest BCUT2D eigenvalue weighted by atomic mass is 19.1. The van der Waals surface area contributed by atoms with E-state index >= 15 is 0 Å². The van der Waals surface area contributed by atoms with Gasteiger partial charge in [-0.1, -0.05) is 6.07 Å². The third-order valence-electron chi connectivity index (χ3n) is 3.02. The van der Waals surface area contributed by atoms with Gasteiger partial charge in [-0.2, -0.15) is 0 Å². The van der Waals surface area contributed by atoms with Gasteiger partial charge in [0.15, 0.2) is 0 Å². The molecule has 0 spiro atoms. The second kappa shape index (κ2) is 5.56. The molecule has 2 nitrogen and oxygen atoms in total. The van der Waals surface area contributed by atoms with Crippen molar-refractivity contribution < 1.29 is 13.5 Å². The van der Waals surface area contributed by atoms with E-state index in [-0.39, 0.29) is 6.10 Å². The molecule has 0 bridgehead atoms. The largest absolute Gasteiger partial charge is 0.374 e. The van der Waals surface area contributed by atoms with Crippen molar-refractivity contribution in [1.29, 1.82) is 0 Å². The highest BCUT2D eigenvalue weighted by molar-refractivity contribution is 5.18. The zero-order valence-corrected chi connectivity index (χ0v) is 9.88. The van der Waals surface area contributed by atoms with E-state index in [1.54, 1.807) is 0 Å². The number of hydrogen-bond acceptors (Lipinski definition) is 2. The van der Waals surface area contributed by atoms with Crippen LogP contribution >= 0.6 is 0 Å². The number of ether oxygens (including phenoxy) is 1. The lowest BCUT2D eigenvalue weighted by Gasteiger charge is -2.12. The van der Waals surface area contributed by atoms with Crippen LogP contribution in [0.5, 0.6) is 0 Å². The summed E-state index contributed by atoms with van der Waals surface area (Å²) >= 11 is 0. The normalized spacial score (nSPS) is 24.2. The fourth-order valence-corrected chi connectivity index (χ4v) is 2.07. The third kappa shape index (κ3) is 3.48. The van der Waals surface area contributed by atoms with Crippen molar-refractivity contribution in [2.45, 2.75) is 38.5 Å². The Labute approximate surface area is 100.0 Å². The molecule has 1 aromatic rings. The Bertz CT molecular complexity index is 384. The topological polar surface area (TPSA) is 21.3 Å². The van der Waals surface area contributed by atoms with Gasteiger partial charge in [0.2, 0.25) is 0 Å². The fraction of sp³-hybridized carbons (Fsp3) is 0.538. The lowest BCUT2D eigenvalue weighted by molar-refractivity contribution is 0.0558. The summed E-state index contributed by atoms with van der Waals surface area (Å²) in [5.74, 6) is -1.04. The van der Waals surface area contributed by atoms with Crippen LogP contribution in [0.15, 0.2) is 18.2 Å². The van der Waals surface area contributed by atoms with Crippen LogP contribution in [0.3, 0.4) is 0 Å². The molecule has 2 rings (SSSR count). The van der Waals surface area contributed by atoms with Gasteiger partial charge < -0.3 is 10.1 Å². The summed E-state index contributed by atoms with van der Waals surface area (Å²) in [6.07, 6.45) is 2.66. The molecule has 1 fully saturated rings. The van der Waals surface area contributed by atoms with Crippen molar-refractivity contribution in [1.82, 2.24) is 5.32 Å². The molecule has 0 aromatic heterocycles. The zero-order chi connectivity index (χ0) is 12.3. The van der Waals surface area contributed by atoms with Gasteiger partial charge in [-0.05, 0) is 25.8 Å². The van der Waals surface area contributed by atoms with Gasteiger partial charge in [-0.15, -0.1) is 0 Å². The Morgan fingerprint density at radius 3 is 2.82 bits per heavy atom. The minimum absolute atomic E-state index is 0.216. The molecule has 1 aromatic carbocycles. The molecule has 4 heteroatoms. The Hall–Kier alpha value is -1.00. The molecule has 17 heavy (non-hydrogen) atoms. The van der Waals surface area contributed by atoms with E-state index in [9.17, 15) is 8.78 Å². The highest BCUT2D eigenvalue weighted by Gasteiger charge is 2.21. The molecule has 2 atom stereocenters. The standard InChI is InChI=1S/C13H17F2NO/c1-9-2-5-12(17-9)8-16-7-10-3-4-11(14)6-13(10)15/h3-4,6,9,12,16H,2,5,7-8H2,1H3. The molecule has 0 radical (unpaired) electrons. The molecule has 1 saturated heterocycles. The van der Waals surface area contributed by atoms with Gasteiger partial charge in [0, 0.05) is 24.7 Å². The first-order chi connectivity index (χ1) is 8.15. The van der Waals surface area contributed by atoms with E-state index < -0.39 is 11.6 Å². The van der Waals surface area contributed by atoms with Crippen LogP contribution in [0.25, 0.3) is 0 Å². The molecular weight excluding hydrogens is 224 g/mol. The van der Waals surface area contributed by atoms with E-state index in [4.69, 9.17) is 4.74 Å². The van der Waals surface area contributed by atoms with Gasteiger partial charge in [0.25, 0.3) is 0 Å². The number of nitrogens with one attached hydrogen (secondary N) is 1. The maximum absolute atomic E-state index is 13.3. The van der Waals surface area contributed by atoms with Gasteiger partial charge in [-0.25, -0.2) is 8.78 Å². The molecule has 94 valence electrons. The number of hydrogen-bond donors (Lipinski definition) is 1. The molecule has 2 unspecified atom stereocenters. The third-order valence-corrected chi connectivity index (χ3v) is 3.02. The van der Waals surface area contributed by atoms with Crippen LogP contribution in [0.1, 0.15) is 25.3 Å². The van der Waals surface area contributed by atoms with Crippen molar-refractivity contribution in [2.24, 2.45) is 0 Å². The predicted octanol–water partition coefficient (Wildman–Crippen LogP) is 2.62. The fourth-order valence-electron chi connectivity index (χ4n) is 2.07. The molecule has 1 aliphatic heterocycles. The highest BCUT2D eigenvalue weighted by Crippen LogP contribution is 2.18. The van der Waals surface area contributed by atoms with Crippen molar-refractivity contribution in [2.75, 3.05) is 6.54 Å². The summed E-state index contributed by atoms with van der Waals surface area (Å²) in [5.41, 5.74) is 0.484. The van der Waals surface area contributed by atoms with Crippen molar-refractivity contribution in [3.05, 3.63) is 35.4 Å². The van der Waals surface area contributed by atoms with Crippen molar-refractivity contribution >= 4 is 0 Å². The number of rotatable bonds is 4. The average Bonchev–Trinajstić information content (AvgIpc) is 2.68. The van der Waals surface area contributed by atoms with E-state index in [2.05, 4.69) is 12.2 Å². The Morgan fingerprint density at radius 2 is 2.18 bits per heavy atom. The van der Waals surface area contributed by atoms with E-state index in [1.807, 2.05) is 0 Å². The smallest absolute Gasteiger partial charge is 0.130 e. The first-order valence-electron chi connectivity index (χ1n) is 5.95. The van der Waals surface area contributed by atoms with Crippen molar-refractivity contribution in [3.63, 3.8) is 0 Å². The molecule has 1 heterocycles. The summed E-state index contributed by atoms with van der Waals surface area (Å²) < 4.78 is 31.6. The van der Waals surface area contributed by atoms with Gasteiger partial charge in [-0.3, -0.25) is 0 Å². The minimum Gasteiger partial charge on any atom is -0.374 e. The predicted molar refractivity (Wildman–Crippen MR) is 61.6 cm³/mol. The Morgan fingerprint density at radius 1 is 1.35 bits per heavy atom. The van der Waals surface area contributed by atoms with Crippen LogP contribution in [0.2, 0.25) is 0 Å². The van der Waals surface area contributed by atoms with E-state index in [0.717, 1.165) is 18.9 Å². The second-order valence-corrected chi connectivity index (χ2v) is 4.51. The molecular formula is C13H17F2NO. The Balaban J connectivity index is 1.78. The SMILES string of the molecule is CC1CCC(CNCc2ccc(F)cc2F)O1. The van der Waals surface area contributed by atoms with E-state index in [1.165, 1.54) is 12.1 Å². The van der Waals surface area contributed by atoms with Crippen LogP contribution in [0.4, 0.5) is 8.78 Å². The maximum atomic E-state index is 13.3. The van der Waals surface area contributed by atoms with Crippen LogP contribution < -0.4 is 5.32 Å². The summed E-state index contributed by atoms with van der Waals surface area (Å²) in [5, 5.41) is 3.14. The molecule has 0 amide bonds. The summed E-state index contributed by atoms with van der Waals surface area (Å²) in [6.45, 7) is 3.17. The van der Waals surface area contributed by atoms with Crippen molar-refractivity contribution in [3.8, 4) is 0 Å². The average molecular weight is 241 g/mol. The molecule has 0 saturated carbocycles. The first kappa shape index (κ1) is 12.5. The lowest BCUT2D eigenvalue weighted by atomic mass is 10.2. The van der Waals surface area contributed by atoms with Crippen LogP contribution in [-0.4, -0.2) is 18.8 Å². The summed E-state index contributed by atoms with van der Waals surface area (Å²) in [6, 6.07) is 3.65. The molecule has 0 aliphatic carbocycles. The number of benzene rings is 1. The van der Waals surface area contributed by atoms with Gasteiger partial charge in [0.05, 0.1) is 12.2 Å². The molecule has 1 aliphatic rings. The monoisotopic (exact) mass is 241 g/mol. The van der Waals surface area contributed by atoms with Crippen LogP contribution in [-0.2, 0) is 11.3 Å². The Kier molecular flexibility index (Phi) is 4.07. The van der Waals surface area contributed by atoms with Crippen LogP contribution in [0, 0.1) is 11.6 Å².